The van der Waals surface area contributed by atoms with Gasteiger partial charge in [-0.1, -0.05) is 109 Å². The lowest BCUT2D eigenvalue weighted by Crippen LogP contribution is -2.34. The highest BCUT2D eigenvalue weighted by molar-refractivity contribution is 7.95. The zero-order valence-electron chi connectivity index (χ0n) is 28.6. The van der Waals surface area contributed by atoms with Gasteiger partial charge in [0.2, 0.25) is 0 Å². The summed E-state index contributed by atoms with van der Waals surface area (Å²) in [6.45, 7) is 6.82. The fourth-order valence-corrected chi connectivity index (χ4v) is 16.4. The first-order valence-corrected chi connectivity index (χ1v) is 21.0. The summed E-state index contributed by atoms with van der Waals surface area (Å²) in [4.78, 5) is 5.40. The minimum absolute atomic E-state index is 0.913. The monoisotopic (exact) mass is 671 g/mol. The average Bonchev–Trinajstić information content (AvgIpc) is 3.17. The molecular weight excluding hydrogens is 628 g/mol. The minimum atomic E-state index is -2.12. The number of nitrogens with zero attached hydrogens (tertiary/aromatic N) is 1. The summed E-state index contributed by atoms with van der Waals surface area (Å²) < 4.78 is 0. The molecule has 0 fully saturated rings. The molecular formula is C46H43NP2+2. The zero-order valence-corrected chi connectivity index (χ0v) is 30.4. The van der Waals surface area contributed by atoms with Crippen molar-refractivity contribution in [2.75, 3.05) is 0 Å². The van der Waals surface area contributed by atoms with E-state index < -0.39 is 14.5 Å². The van der Waals surface area contributed by atoms with E-state index in [1.807, 2.05) is 0 Å². The van der Waals surface area contributed by atoms with E-state index in [1.54, 1.807) is 0 Å². The zero-order chi connectivity index (χ0) is 33.7. The number of rotatable bonds is 10. The predicted molar refractivity (Wildman–Crippen MR) is 216 cm³/mol. The largest absolute Gasteiger partial charge is 0.258 e. The van der Waals surface area contributed by atoms with Crippen LogP contribution in [0.4, 0.5) is 0 Å². The van der Waals surface area contributed by atoms with Crippen molar-refractivity contribution in [1.29, 1.82) is 0 Å². The van der Waals surface area contributed by atoms with Crippen LogP contribution in [0.1, 0.15) is 28.1 Å². The molecule has 0 atom stereocenters. The Morgan fingerprint density at radius 2 is 0.531 bits per heavy atom. The van der Waals surface area contributed by atoms with Gasteiger partial charge in [-0.2, -0.15) is 0 Å². The third-order valence-corrected chi connectivity index (χ3v) is 18.7. The summed E-state index contributed by atoms with van der Waals surface area (Å²) in [5.74, 6) is 0. The highest BCUT2D eigenvalue weighted by Gasteiger charge is 2.48. The summed E-state index contributed by atoms with van der Waals surface area (Å²) in [7, 11) is -4.24. The number of hydrogen-bond donors (Lipinski definition) is 0. The molecule has 0 bridgehead atoms. The van der Waals surface area contributed by atoms with Gasteiger partial charge in [0, 0.05) is 22.5 Å². The molecule has 49 heavy (non-hydrogen) atoms. The van der Waals surface area contributed by atoms with Gasteiger partial charge in [-0.3, -0.25) is 4.98 Å². The third kappa shape index (κ3) is 6.19. The Bertz CT molecular complexity index is 1770. The van der Waals surface area contributed by atoms with Gasteiger partial charge in [-0.05, 0) is 99.1 Å². The second kappa shape index (κ2) is 14.4. The third-order valence-electron chi connectivity index (χ3n) is 10.1. The van der Waals surface area contributed by atoms with Gasteiger partial charge in [0.15, 0.2) is 0 Å². The summed E-state index contributed by atoms with van der Waals surface area (Å²) in [5, 5.41) is 8.38. The Balaban J connectivity index is 1.48. The van der Waals surface area contributed by atoms with Crippen molar-refractivity contribution in [3.05, 3.63) is 210 Å². The van der Waals surface area contributed by atoms with Crippen molar-refractivity contribution >= 4 is 46.4 Å². The molecule has 0 radical (unpaired) electrons. The Labute approximate surface area is 293 Å². The van der Waals surface area contributed by atoms with E-state index in [9.17, 15) is 0 Å². The second-order valence-electron chi connectivity index (χ2n) is 12.8. The van der Waals surface area contributed by atoms with Crippen LogP contribution in [0.15, 0.2) is 182 Å². The number of hydrogen-bond acceptors (Lipinski definition) is 1. The van der Waals surface area contributed by atoms with E-state index in [2.05, 4.69) is 203 Å². The molecule has 0 unspecified atom stereocenters. The van der Waals surface area contributed by atoms with Gasteiger partial charge < -0.3 is 0 Å². The van der Waals surface area contributed by atoms with Crippen molar-refractivity contribution in [2.45, 2.75) is 33.1 Å². The Morgan fingerprint density at radius 3 is 0.735 bits per heavy atom. The summed E-state index contributed by atoms with van der Waals surface area (Å²) in [6.07, 6.45) is 1.83. The lowest BCUT2D eigenvalue weighted by molar-refractivity contribution is 1.01. The van der Waals surface area contributed by atoms with Gasteiger partial charge >= 0.3 is 0 Å². The van der Waals surface area contributed by atoms with Crippen LogP contribution in [0, 0.1) is 20.8 Å². The van der Waals surface area contributed by atoms with E-state index in [4.69, 9.17) is 4.98 Å². The van der Waals surface area contributed by atoms with E-state index in [1.165, 1.54) is 48.5 Å². The first kappa shape index (κ1) is 32.9. The summed E-state index contributed by atoms with van der Waals surface area (Å²) >= 11 is 0. The maximum Gasteiger partial charge on any atom is 0.116 e. The van der Waals surface area contributed by atoms with E-state index in [0.717, 1.165) is 23.7 Å². The Morgan fingerprint density at radius 1 is 0.327 bits per heavy atom. The molecule has 1 nitrogen and oxygen atoms in total. The normalized spacial score (nSPS) is 11.7. The lowest BCUT2D eigenvalue weighted by Gasteiger charge is -2.31. The van der Waals surface area contributed by atoms with Crippen molar-refractivity contribution in [3.63, 3.8) is 0 Å². The standard InChI is InChI=1S/C46H43NP2/c1-36-45(34-48(39-22-10-4-11-23-39,40-24-12-5-13-25-40)41-26-14-6-15-27-41)37(2)47-38(3)46(36)35-49(42-28-16-7-17-29-42,43-30-18-8-19-31-43)44-32-20-9-21-33-44/h4-33H,34-35H2,1-3H3/q+2. The maximum absolute atomic E-state index is 5.40. The van der Waals surface area contributed by atoms with E-state index >= 15 is 0 Å². The second-order valence-corrected chi connectivity index (χ2v) is 19.8. The minimum Gasteiger partial charge on any atom is -0.258 e. The van der Waals surface area contributed by atoms with Crippen LogP contribution in [-0.2, 0) is 12.3 Å². The van der Waals surface area contributed by atoms with Crippen molar-refractivity contribution in [3.8, 4) is 0 Å². The molecule has 0 aliphatic rings. The van der Waals surface area contributed by atoms with Crippen LogP contribution < -0.4 is 31.8 Å². The molecule has 6 aromatic carbocycles. The fraction of sp³-hybridized carbons (Fsp3) is 0.109. The van der Waals surface area contributed by atoms with Gasteiger partial charge in [-0.25, -0.2) is 0 Å². The van der Waals surface area contributed by atoms with Crippen LogP contribution in [0.5, 0.6) is 0 Å². The fourth-order valence-electron chi connectivity index (χ4n) is 7.59. The Kier molecular flexibility index (Phi) is 9.68. The van der Waals surface area contributed by atoms with E-state index in [-0.39, 0.29) is 0 Å². The Hall–Kier alpha value is -4.67. The van der Waals surface area contributed by atoms with Crippen LogP contribution in [0.25, 0.3) is 0 Å². The number of pyridine rings is 1. The predicted octanol–water partition coefficient (Wildman–Crippen LogP) is 9.00. The van der Waals surface area contributed by atoms with Crippen LogP contribution in [0.3, 0.4) is 0 Å². The first-order valence-electron chi connectivity index (χ1n) is 17.1. The summed E-state index contributed by atoms with van der Waals surface area (Å²) in [5.41, 5.74) is 6.39. The quantitative estimate of drug-likeness (QED) is 0.132. The molecule has 1 heterocycles. The molecule has 0 saturated carbocycles. The number of aromatic nitrogens is 1. The molecule has 0 saturated heterocycles. The first-order chi connectivity index (χ1) is 24.0. The topological polar surface area (TPSA) is 12.9 Å². The van der Waals surface area contributed by atoms with Gasteiger partial charge in [0.05, 0.1) is 0 Å². The van der Waals surface area contributed by atoms with Crippen molar-refractivity contribution in [1.82, 2.24) is 4.98 Å². The lowest BCUT2D eigenvalue weighted by atomic mass is 10.0. The van der Waals surface area contributed by atoms with Gasteiger partial charge in [-0.15, -0.1) is 0 Å². The molecule has 7 rings (SSSR count). The maximum atomic E-state index is 5.40. The average molecular weight is 672 g/mol. The van der Waals surface area contributed by atoms with Gasteiger partial charge in [0.1, 0.15) is 58.7 Å². The molecule has 3 heteroatoms. The van der Waals surface area contributed by atoms with Crippen LogP contribution >= 0.6 is 14.5 Å². The molecule has 1 aromatic heterocycles. The molecule has 7 aromatic rings. The molecule has 0 amide bonds. The van der Waals surface area contributed by atoms with Crippen molar-refractivity contribution in [2.24, 2.45) is 0 Å². The molecule has 0 aliphatic heterocycles. The molecule has 0 N–H and O–H groups in total. The van der Waals surface area contributed by atoms with E-state index in [0.29, 0.717) is 0 Å². The smallest absolute Gasteiger partial charge is 0.116 e. The number of benzene rings is 6. The van der Waals surface area contributed by atoms with Crippen LogP contribution in [0.2, 0.25) is 0 Å². The molecule has 0 aliphatic carbocycles. The van der Waals surface area contributed by atoms with Crippen molar-refractivity contribution < 1.29 is 0 Å². The summed E-state index contributed by atoms with van der Waals surface area (Å²) in [6, 6.07) is 67.4. The van der Waals surface area contributed by atoms with Crippen LogP contribution in [-0.4, -0.2) is 4.98 Å². The highest BCUT2D eigenvalue weighted by Crippen LogP contribution is 2.61. The van der Waals surface area contributed by atoms with Gasteiger partial charge in [0.25, 0.3) is 0 Å². The highest BCUT2D eigenvalue weighted by atomic mass is 31.2. The molecule has 0 spiro atoms. The number of aryl methyl sites for hydroxylation is 2. The molecule has 240 valence electrons. The SMILES string of the molecule is Cc1nc(C)c(C[P+](c2ccccc2)(c2ccccc2)c2ccccc2)c(C)c1C[P+](c1ccccc1)(c1ccccc1)c1ccccc1.